The molecule has 0 amide bonds. The van der Waals surface area contributed by atoms with Crippen LogP contribution in [0.3, 0.4) is 0 Å². The second-order valence-corrected chi connectivity index (χ2v) is 12.1. The molecule has 3 aromatic carbocycles. The highest BCUT2D eigenvalue weighted by Crippen LogP contribution is 2.40. The van der Waals surface area contributed by atoms with Crippen molar-refractivity contribution in [2.75, 3.05) is 145 Å². The third-order valence-corrected chi connectivity index (χ3v) is 8.07. The molecule has 0 unspecified atom stereocenters. The van der Waals surface area contributed by atoms with Crippen molar-refractivity contribution < 1.29 is 61.6 Å². The van der Waals surface area contributed by atoms with E-state index in [1.807, 2.05) is 54.6 Å². The summed E-state index contributed by atoms with van der Waals surface area (Å²) in [6.45, 7) is 13.2. The fraction of sp³-hybridized carbons (Fsp3) is 0.523. The van der Waals surface area contributed by atoms with Crippen molar-refractivity contribution in [3.05, 3.63) is 120 Å². The van der Waals surface area contributed by atoms with Gasteiger partial charge in [0.05, 0.1) is 139 Å². The predicted octanol–water partition coefficient (Wildman–Crippen LogP) is 4.89. The largest absolute Gasteiger partial charge is 0.460 e. The molecule has 57 heavy (non-hydrogen) atoms. The van der Waals surface area contributed by atoms with Gasteiger partial charge in [0, 0.05) is 6.08 Å². The third kappa shape index (κ3) is 21.7. The molecule has 0 spiro atoms. The lowest BCUT2D eigenvalue weighted by molar-refractivity contribution is -0.139. The van der Waals surface area contributed by atoms with Gasteiger partial charge in [0.15, 0.2) is 0 Å². The van der Waals surface area contributed by atoms with Crippen LogP contribution >= 0.6 is 0 Å². The molecule has 0 aromatic heterocycles. The van der Waals surface area contributed by atoms with Crippen LogP contribution < -0.4 is 0 Å². The summed E-state index contributed by atoms with van der Waals surface area (Å²) in [5.41, 5.74) is 2.43. The molecule has 3 aromatic rings. The van der Waals surface area contributed by atoms with Crippen LogP contribution in [0.15, 0.2) is 104 Å². The van der Waals surface area contributed by atoms with Crippen molar-refractivity contribution in [3.63, 3.8) is 0 Å². The fourth-order valence-corrected chi connectivity index (χ4v) is 5.36. The van der Waals surface area contributed by atoms with E-state index < -0.39 is 11.6 Å². The quantitative estimate of drug-likeness (QED) is 0.0338. The van der Waals surface area contributed by atoms with Crippen molar-refractivity contribution in [2.45, 2.75) is 5.60 Å². The van der Waals surface area contributed by atoms with Crippen LogP contribution in [0.4, 0.5) is 0 Å². The lowest BCUT2D eigenvalue weighted by Crippen LogP contribution is -2.34. The Balaban J connectivity index is 1.04. The Hall–Kier alpha value is -3.57. The molecule has 0 aliphatic rings. The van der Waals surface area contributed by atoms with Gasteiger partial charge in [0.1, 0.15) is 12.2 Å². The van der Waals surface area contributed by atoms with Crippen LogP contribution in [0.1, 0.15) is 16.7 Å². The average molecular weight is 799 g/mol. The highest BCUT2D eigenvalue weighted by molar-refractivity contribution is 5.81. The first-order valence-electron chi connectivity index (χ1n) is 19.6. The molecular weight excluding hydrogens is 736 g/mol. The number of ether oxygens (including phenoxy) is 12. The van der Waals surface area contributed by atoms with Gasteiger partial charge in [0.25, 0.3) is 0 Å². The predicted molar refractivity (Wildman–Crippen MR) is 215 cm³/mol. The summed E-state index contributed by atoms with van der Waals surface area (Å²) >= 11 is 0. The first-order chi connectivity index (χ1) is 28.3. The van der Waals surface area contributed by atoms with Gasteiger partial charge in [-0.1, -0.05) is 97.6 Å². The van der Waals surface area contributed by atoms with Crippen LogP contribution in [0.25, 0.3) is 0 Å². The molecule has 0 radical (unpaired) electrons. The van der Waals surface area contributed by atoms with Gasteiger partial charge in [0.2, 0.25) is 0 Å². The Morgan fingerprint density at radius 2 is 0.596 bits per heavy atom. The van der Waals surface area contributed by atoms with Gasteiger partial charge in [-0.3, -0.25) is 0 Å². The zero-order valence-electron chi connectivity index (χ0n) is 33.3. The molecule has 0 atom stereocenters. The minimum atomic E-state index is -0.757. The monoisotopic (exact) mass is 798 g/mol. The summed E-state index contributed by atoms with van der Waals surface area (Å²) in [6, 6.07) is 30.9. The molecule has 0 bridgehead atoms. The van der Waals surface area contributed by atoms with Crippen LogP contribution in [0, 0.1) is 0 Å². The van der Waals surface area contributed by atoms with E-state index in [1.54, 1.807) is 0 Å². The number of carbonyl (C=O) groups excluding carboxylic acids is 1. The summed E-state index contributed by atoms with van der Waals surface area (Å²) in [5.74, 6) is -0.461. The number of carbonyl (C=O) groups is 1. The Kier molecular flexibility index (Phi) is 28.0. The van der Waals surface area contributed by atoms with Crippen LogP contribution in [-0.4, -0.2) is 151 Å². The maximum atomic E-state index is 10.9. The van der Waals surface area contributed by atoms with Crippen molar-refractivity contribution in [3.8, 4) is 0 Å². The van der Waals surface area contributed by atoms with E-state index in [4.69, 9.17) is 56.8 Å². The highest BCUT2D eigenvalue weighted by Gasteiger charge is 2.37. The molecule has 0 saturated carbocycles. The van der Waals surface area contributed by atoms with E-state index in [9.17, 15) is 4.79 Å². The van der Waals surface area contributed by atoms with E-state index >= 15 is 0 Å². The Bertz CT molecular complexity index is 1270. The minimum Gasteiger partial charge on any atom is -0.460 e. The van der Waals surface area contributed by atoms with Crippen molar-refractivity contribution in [2.24, 2.45) is 0 Å². The molecule has 0 heterocycles. The van der Waals surface area contributed by atoms with Gasteiger partial charge in [-0.15, -0.1) is 0 Å². The molecule has 13 heteroatoms. The molecule has 0 aliphatic carbocycles. The van der Waals surface area contributed by atoms with Crippen molar-refractivity contribution >= 4 is 5.97 Å². The first-order valence-corrected chi connectivity index (χ1v) is 19.6. The maximum absolute atomic E-state index is 10.9. The molecule has 316 valence electrons. The van der Waals surface area contributed by atoms with Crippen LogP contribution in [-0.2, 0) is 67.2 Å². The van der Waals surface area contributed by atoms with Crippen molar-refractivity contribution in [1.82, 2.24) is 0 Å². The molecule has 0 N–H and O–H groups in total. The minimum absolute atomic E-state index is 0.195. The number of rotatable bonds is 38. The number of esters is 1. The normalized spacial score (nSPS) is 11.5. The summed E-state index contributed by atoms with van der Waals surface area (Å²) in [4.78, 5) is 10.9. The molecule has 0 aliphatic heterocycles. The summed E-state index contributed by atoms with van der Waals surface area (Å²) < 4.78 is 66.8. The van der Waals surface area contributed by atoms with E-state index in [2.05, 4.69) is 43.0 Å². The van der Waals surface area contributed by atoms with E-state index in [-0.39, 0.29) is 6.61 Å². The van der Waals surface area contributed by atoms with Gasteiger partial charge >= 0.3 is 5.97 Å². The fourth-order valence-electron chi connectivity index (χ4n) is 5.36. The lowest BCUT2D eigenvalue weighted by atomic mass is 9.80. The number of hydrogen-bond acceptors (Lipinski definition) is 13. The third-order valence-electron chi connectivity index (χ3n) is 8.07. The average Bonchev–Trinajstić information content (AvgIpc) is 3.26. The maximum Gasteiger partial charge on any atom is 0.330 e. The van der Waals surface area contributed by atoms with E-state index in [0.717, 1.165) is 22.8 Å². The lowest BCUT2D eigenvalue weighted by Gasteiger charge is -2.36. The smallest absolute Gasteiger partial charge is 0.330 e. The van der Waals surface area contributed by atoms with Gasteiger partial charge in [-0.05, 0) is 16.7 Å². The van der Waals surface area contributed by atoms with Gasteiger partial charge in [-0.25, -0.2) is 4.79 Å². The topological polar surface area (TPSA) is 128 Å². The molecule has 3 rings (SSSR count). The first kappa shape index (κ1) is 47.8. The van der Waals surface area contributed by atoms with E-state index in [0.29, 0.717) is 139 Å². The molecule has 0 saturated heterocycles. The number of hydrogen-bond donors (Lipinski definition) is 0. The van der Waals surface area contributed by atoms with Crippen LogP contribution in [0.2, 0.25) is 0 Å². The SMILES string of the molecule is C=CC(=O)OCCOCCOCCOCCOCCOCCOCCOCCOCCOCCOCCOC(c1ccccc1)(c1ccccc1)c1ccccc1. The molecule has 0 fully saturated rings. The Morgan fingerprint density at radius 3 is 0.842 bits per heavy atom. The zero-order valence-corrected chi connectivity index (χ0v) is 33.3. The summed E-state index contributed by atoms with van der Waals surface area (Å²) in [5, 5.41) is 0. The van der Waals surface area contributed by atoms with E-state index in [1.165, 1.54) is 0 Å². The zero-order chi connectivity index (χ0) is 40.2. The summed E-state index contributed by atoms with van der Waals surface area (Å²) in [6.07, 6.45) is 1.12. The Morgan fingerprint density at radius 1 is 0.368 bits per heavy atom. The Labute approximate surface area is 338 Å². The number of benzene rings is 3. The van der Waals surface area contributed by atoms with Gasteiger partial charge in [-0.2, -0.15) is 0 Å². The molecule has 13 nitrogen and oxygen atoms in total. The second kappa shape index (κ2) is 33.4. The standard InChI is InChI=1S/C44H62O13/c1-2-43(45)56-38-36-54-34-32-52-30-28-50-26-24-48-22-20-46-18-19-47-21-23-49-25-27-51-29-31-53-33-35-55-37-39-57-44(40-12-6-3-7-13-40,41-14-8-4-9-15-41)42-16-10-5-11-17-42/h2-17H,1,18-39H2. The van der Waals surface area contributed by atoms with Crippen molar-refractivity contribution in [1.29, 1.82) is 0 Å². The molecular formula is C44H62O13. The van der Waals surface area contributed by atoms with Gasteiger partial charge < -0.3 is 56.8 Å². The highest BCUT2D eigenvalue weighted by atomic mass is 16.6. The summed E-state index contributed by atoms with van der Waals surface area (Å²) in [7, 11) is 0. The van der Waals surface area contributed by atoms with Crippen LogP contribution in [0.5, 0.6) is 0 Å². The second-order valence-electron chi connectivity index (χ2n) is 12.1.